The summed E-state index contributed by atoms with van der Waals surface area (Å²) in [6.07, 6.45) is 1.55. The van der Waals surface area contributed by atoms with Crippen molar-refractivity contribution < 1.29 is 13.2 Å². The van der Waals surface area contributed by atoms with Gasteiger partial charge < -0.3 is 11.1 Å². The molecule has 5 nitrogen and oxygen atoms in total. The average Bonchev–Trinajstić information content (AvgIpc) is 2.52. The van der Waals surface area contributed by atoms with Crippen LogP contribution in [0, 0.1) is 0 Å². The summed E-state index contributed by atoms with van der Waals surface area (Å²) < 4.78 is 24.1. The fourth-order valence-electron chi connectivity index (χ4n) is 1.93. The van der Waals surface area contributed by atoms with Crippen LogP contribution in [0.5, 0.6) is 0 Å². The van der Waals surface area contributed by atoms with Gasteiger partial charge in [0.15, 0.2) is 9.84 Å². The first-order chi connectivity index (χ1) is 10.2. The maximum absolute atomic E-state index is 12.1. The molecule has 0 saturated carbocycles. The maximum atomic E-state index is 12.1. The second kappa shape index (κ2) is 7.24. The van der Waals surface area contributed by atoms with Crippen molar-refractivity contribution in [3.05, 3.63) is 29.8 Å². The molecule has 0 aliphatic carbocycles. The Morgan fingerprint density at radius 2 is 1.68 bits per heavy atom. The monoisotopic (exact) mass is 326 g/mol. The van der Waals surface area contributed by atoms with Crippen LogP contribution in [-0.4, -0.2) is 31.7 Å². The number of carbonyl (C=O) groups is 1. The lowest BCUT2D eigenvalue weighted by atomic mass is 9.94. The number of carbonyl (C=O) groups excluding carboxylic acids is 1. The molecule has 0 heterocycles. The second-order valence-electron chi connectivity index (χ2n) is 5.87. The SMILES string of the molecule is CCC(N)(CC)CNC(=O)c1ccc(S(=O)(=O)C(C)C)cc1. The lowest BCUT2D eigenvalue weighted by molar-refractivity contribution is 0.0942. The van der Waals surface area contributed by atoms with Gasteiger partial charge in [-0.1, -0.05) is 13.8 Å². The van der Waals surface area contributed by atoms with Crippen LogP contribution in [0.4, 0.5) is 0 Å². The number of nitrogens with one attached hydrogen (secondary N) is 1. The van der Waals surface area contributed by atoms with Gasteiger partial charge in [-0.05, 0) is 51.0 Å². The highest BCUT2D eigenvalue weighted by Crippen LogP contribution is 2.16. The Bertz CT molecular complexity index is 603. The zero-order chi connectivity index (χ0) is 17.0. The van der Waals surface area contributed by atoms with Crippen molar-refractivity contribution in [3.63, 3.8) is 0 Å². The number of nitrogens with two attached hydrogens (primary N) is 1. The molecule has 0 aliphatic rings. The van der Waals surface area contributed by atoms with Gasteiger partial charge in [0.2, 0.25) is 0 Å². The molecule has 0 atom stereocenters. The molecular formula is C16H26N2O3S. The van der Waals surface area contributed by atoms with Gasteiger partial charge in [-0.25, -0.2) is 8.42 Å². The molecule has 6 heteroatoms. The van der Waals surface area contributed by atoms with E-state index in [1.165, 1.54) is 24.3 Å². The molecule has 1 rings (SSSR count). The quantitative estimate of drug-likeness (QED) is 0.803. The van der Waals surface area contributed by atoms with E-state index < -0.39 is 20.6 Å². The number of amides is 1. The van der Waals surface area contributed by atoms with Crippen molar-refractivity contribution in [2.24, 2.45) is 5.73 Å². The molecule has 0 aliphatic heterocycles. The van der Waals surface area contributed by atoms with E-state index in [4.69, 9.17) is 5.73 Å². The van der Waals surface area contributed by atoms with Gasteiger partial charge in [-0.15, -0.1) is 0 Å². The van der Waals surface area contributed by atoms with Gasteiger partial charge in [0.1, 0.15) is 0 Å². The average molecular weight is 326 g/mol. The smallest absolute Gasteiger partial charge is 0.251 e. The molecule has 1 amide bonds. The summed E-state index contributed by atoms with van der Waals surface area (Å²) in [5, 5.41) is 2.32. The fourth-order valence-corrected chi connectivity index (χ4v) is 2.99. The molecule has 0 spiro atoms. The maximum Gasteiger partial charge on any atom is 0.251 e. The van der Waals surface area contributed by atoms with E-state index in [1.54, 1.807) is 13.8 Å². The molecule has 0 unspecified atom stereocenters. The first kappa shape index (κ1) is 18.6. The Hall–Kier alpha value is -1.40. The summed E-state index contributed by atoms with van der Waals surface area (Å²) in [4.78, 5) is 12.3. The van der Waals surface area contributed by atoms with Crippen LogP contribution >= 0.6 is 0 Å². The summed E-state index contributed by atoms with van der Waals surface area (Å²) in [7, 11) is -3.31. The summed E-state index contributed by atoms with van der Waals surface area (Å²) in [5.41, 5.74) is 6.17. The third-order valence-electron chi connectivity index (χ3n) is 4.07. The Kier molecular flexibility index (Phi) is 6.14. The van der Waals surface area contributed by atoms with Gasteiger partial charge in [-0.3, -0.25) is 4.79 Å². The normalized spacial score (nSPS) is 12.5. The van der Waals surface area contributed by atoms with Gasteiger partial charge in [0.05, 0.1) is 10.1 Å². The standard InChI is InChI=1S/C16H26N2O3S/c1-5-16(17,6-2)11-18-15(19)13-7-9-14(10-8-13)22(20,21)12(3)4/h7-10,12H,5-6,11,17H2,1-4H3,(H,18,19). The first-order valence-corrected chi connectivity index (χ1v) is 9.12. The molecule has 124 valence electrons. The van der Waals surface area contributed by atoms with Crippen LogP contribution in [0.15, 0.2) is 29.2 Å². The fraction of sp³-hybridized carbons (Fsp3) is 0.562. The number of hydrogen-bond donors (Lipinski definition) is 2. The highest BCUT2D eigenvalue weighted by molar-refractivity contribution is 7.92. The van der Waals surface area contributed by atoms with Crippen molar-refractivity contribution in [2.45, 2.75) is 56.2 Å². The van der Waals surface area contributed by atoms with Gasteiger partial charge in [0.25, 0.3) is 5.91 Å². The molecule has 3 N–H and O–H groups in total. The van der Waals surface area contributed by atoms with Crippen LogP contribution in [-0.2, 0) is 9.84 Å². The minimum atomic E-state index is -3.31. The third kappa shape index (κ3) is 4.30. The Labute approximate surface area is 133 Å². The molecule has 0 radical (unpaired) electrons. The second-order valence-corrected chi connectivity index (χ2v) is 8.37. The van der Waals surface area contributed by atoms with E-state index in [9.17, 15) is 13.2 Å². The van der Waals surface area contributed by atoms with E-state index in [0.29, 0.717) is 12.1 Å². The van der Waals surface area contributed by atoms with E-state index >= 15 is 0 Å². The van der Waals surface area contributed by atoms with Crippen LogP contribution in [0.1, 0.15) is 50.9 Å². The summed E-state index contributed by atoms with van der Waals surface area (Å²) in [5.74, 6) is -0.245. The van der Waals surface area contributed by atoms with Crippen molar-refractivity contribution in [1.29, 1.82) is 0 Å². The van der Waals surface area contributed by atoms with Gasteiger partial charge in [0, 0.05) is 17.6 Å². The van der Waals surface area contributed by atoms with E-state index in [2.05, 4.69) is 5.32 Å². The highest BCUT2D eigenvalue weighted by Gasteiger charge is 2.22. The van der Waals surface area contributed by atoms with Gasteiger partial charge in [-0.2, -0.15) is 0 Å². The minimum absolute atomic E-state index is 0.231. The minimum Gasteiger partial charge on any atom is -0.350 e. The number of rotatable bonds is 7. The van der Waals surface area contributed by atoms with E-state index in [1.807, 2.05) is 13.8 Å². The summed E-state index contributed by atoms with van der Waals surface area (Å²) in [6.45, 7) is 7.63. The molecular weight excluding hydrogens is 300 g/mol. The topological polar surface area (TPSA) is 89.3 Å². The zero-order valence-corrected chi connectivity index (χ0v) is 14.5. The molecule has 0 bridgehead atoms. The van der Waals surface area contributed by atoms with Crippen molar-refractivity contribution >= 4 is 15.7 Å². The van der Waals surface area contributed by atoms with Crippen LogP contribution in [0.3, 0.4) is 0 Å². The molecule has 1 aromatic rings. The zero-order valence-electron chi connectivity index (χ0n) is 13.7. The first-order valence-electron chi connectivity index (χ1n) is 7.57. The Balaban J connectivity index is 2.81. The Morgan fingerprint density at radius 1 is 1.18 bits per heavy atom. The lowest BCUT2D eigenvalue weighted by Crippen LogP contribution is -2.49. The van der Waals surface area contributed by atoms with E-state index in [-0.39, 0.29) is 10.8 Å². The predicted molar refractivity (Wildman–Crippen MR) is 88.6 cm³/mol. The number of hydrogen-bond acceptors (Lipinski definition) is 4. The number of sulfone groups is 1. The van der Waals surface area contributed by atoms with Crippen molar-refractivity contribution in [1.82, 2.24) is 5.32 Å². The van der Waals surface area contributed by atoms with Crippen LogP contribution in [0.25, 0.3) is 0 Å². The molecule has 0 saturated heterocycles. The van der Waals surface area contributed by atoms with Crippen molar-refractivity contribution in [3.8, 4) is 0 Å². The predicted octanol–water partition coefficient (Wildman–Crippen LogP) is 2.12. The van der Waals surface area contributed by atoms with Gasteiger partial charge >= 0.3 is 0 Å². The molecule has 0 fully saturated rings. The number of benzene rings is 1. The Morgan fingerprint density at radius 3 is 2.09 bits per heavy atom. The van der Waals surface area contributed by atoms with Crippen LogP contribution in [0.2, 0.25) is 0 Å². The van der Waals surface area contributed by atoms with E-state index in [0.717, 1.165) is 12.8 Å². The van der Waals surface area contributed by atoms with Crippen molar-refractivity contribution in [2.75, 3.05) is 6.54 Å². The third-order valence-corrected chi connectivity index (χ3v) is 6.25. The van der Waals surface area contributed by atoms with Crippen LogP contribution < -0.4 is 11.1 Å². The summed E-state index contributed by atoms with van der Waals surface area (Å²) in [6, 6.07) is 6.00. The molecule has 1 aromatic carbocycles. The molecule has 22 heavy (non-hydrogen) atoms. The largest absolute Gasteiger partial charge is 0.350 e. The lowest BCUT2D eigenvalue weighted by Gasteiger charge is -2.26. The summed E-state index contributed by atoms with van der Waals surface area (Å²) >= 11 is 0. The molecule has 0 aromatic heterocycles. The highest BCUT2D eigenvalue weighted by atomic mass is 32.2.